The Labute approximate surface area is 299 Å². The fraction of sp³-hybridized carbons (Fsp3) is 0.298. The van der Waals surface area contributed by atoms with Crippen LogP contribution in [-0.4, -0.2) is 14.7 Å². The Bertz CT molecular complexity index is 2090. The number of benzene rings is 5. The lowest BCUT2D eigenvalue weighted by Gasteiger charge is -2.28. The molecule has 0 aliphatic heterocycles. The summed E-state index contributed by atoms with van der Waals surface area (Å²) in [6, 6.07) is 38.8. The number of hydrogen-bond donors (Lipinski definition) is 1. The van der Waals surface area contributed by atoms with Crippen molar-refractivity contribution in [2.75, 3.05) is 0 Å². The molecule has 3 nitrogen and oxygen atoms in total. The zero-order chi connectivity index (χ0) is 36.0. The SMILES string of the molecule is CC(C)c1cc(-c2ccccc2)cc(C(C)C)c1-n1cc(-c2cccc(-c3ccccc3)c2)nc1-c1cc(C(C)(C)C)cc(C(C)(C)C)c1O. The molecule has 1 heterocycles. The number of hydrogen-bond acceptors (Lipinski definition) is 2. The summed E-state index contributed by atoms with van der Waals surface area (Å²) in [6.07, 6.45) is 2.19. The average Bonchev–Trinajstić information content (AvgIpc) is 3.52. The largest absolute Gasteiger partial charge is 0.507 e. The van der Waals surface area contributed by atoms with E-state index in [0.717, 1.165) is 39.5 Å². The third kappa shape index (κ3) is 6.92. The van der Waals surface area contributed by atoms with E-state index in [-0.39, 0.29) is 22.7 Å². The van der Waals surface area contributed by atoms with Crippen LogP contribution < -0.4 is 0 Å². The number of aromatic hydroxyl groups is 1. The Kier molecular flexibility index (Phi) is 9.39. The molecule has 0 atom stereocenters. The van der Waals surface area contributed by atoms with Gasteiger partial charge in [0.05, 0.1) is 16.9 Å². The number of nitrogens with zero attached hydrogens (tertiary/aromatic N) is 2. The van der Waals surface area contributed by atoms with Crippen molar-refractivity contribution in [3.63, 3.8) is 0 Å². The molecule has 0 fully saturated rings. The molecule has 6 rings (SSSR count). The molecule has 0 bridgehead atoms. The normalized spacial score (nSPS) is 12.2. The third-order valence-electron chi connectivity index (χ3n) is 9.76. The van der Waals surface area contributed by atoms with Gasteiger partial charge in [-0.05, 0) is 85.9 Å². The van der Waals surface area contributed by atoms with Crippen molar-refractivity contribution in [1.82, 2.24) is 9.55 Å². The van der Waals surface area contributed by atoms with Crippen LogP contribution in [0.25, 0.3) is 50.6 Å². The summed E-state index contributed by atoms with van der Waals surface area (Å²) in [5, 5.41) is 12.2. The third-order valence-corrected chi connectivity index (χ3v) is 9.76. The molecule has 0 aliphatic carbocycles. The minimum Gasteiger partial charge on any atom is -0.507 e. The van der Waals surface area contributed by atoms with Crippen molar-refractivity contribution in [3.8, 4) is 56.3 Å². The predicted octanol–water partition coefficient (Wildman–Crippen LogP) is 13.1. The lowest BCUT2D eigenvalue weighted by Crippen LogP contribution is -2.17. The van der Waals surface area contributed by atoms with Crippen molar-refractivity contribution in [1.29, 1.82) is 0 Å². The molecule has 6 aromatic rings. The maximum Gasteiger partial charge on any atom is 0.149 e. The van der Waals surface area contributed by atoms with E-state index in [2.05, 4.69) is 183 Å². The van der Waals surface area contributed by atoms with Crippen LogP contribution in [0.15, 0.2) is 115 Å². The molecule has 1 aromatic heterocycles. The second kappa shape index (κ2) is 13.4. The minimum atomic E-state index is -0.270. The van der Waals surface area contributed by atoms with Gasteiger partial charge in [0, 0.05) is 17.3 Å². The van der Waals surface area contributed by atoms with E-state index in [9.17, 15) is 5.11 Å². The lowest BCUT2D eigenvalue weighted by atomic mass is 9.78. The van der Waals surface area contributed by atoms with Crippen LogP contribution in [0.5, 0.6) is 5.75 Å². The standard InChI is InChI=1S/C47H52N2O/c1-30(2)38-25-36(33-20-15-12-16-21-33)26-39(31(3)4)43(38)49-29-42(35-23-17-22-34(24-35)32-18-13-11-14-19-32)48-45(49)40-27-37(46(5,6)7)28-41(44(40)50)47(8,9)10/h11-31,50H,1-10H3. The molecule has 1 N–H and O–H groups in total. The van der Waals surface area contributed by atoms with E-state index in [1.54, 1.807) is 0 Å². The summed E-state index contributed by atoms with van der Waals surface area (Å²) >= 11 is 0. The fourth-order valence-corrected chi connectivity index (χ4v) is 6.81. The first-order valence-corrected chi connectivity index (χ1v) is 18.0. The lowest BCUT2D eigenvalue weighted by molar-refractivity contribution is 0.446. The molecule has 0 unspecified atom stereocenters. The first-order valence-electron chi connectivity index (χ1n) is 18.0. The molecule has 3 heteroatoms. The van der Waals surface area contributed by atoms with Crippen molar-refractivity contribution < 1.29 is 5.11 Å². The molecule has 256 valence electrons. The quantitative estimate of drug-likeness (QED) is 0.185. The molecule has 0 saturated heterocycles. The number of rotatable bonds is 7. The molecular weight excluding hydrogens is 609 g/mol. The Morgan fingerprint density at radius 2 is 1.08 bits per heavy atom. The second-order valence-corrected chi connectivity index (χ2v) is 16.4. The Hall–Kier alpha value is -4.89. The van der Waals surface area contributed by atoms with E-state index in [1.165, 1.54) is 33.4 Å². The van der Waals surface area contributed by atoms with Crippen LogP contribution in [-0.2, 0) is 10.8 Å². The summed E-state index contributed by atoms with van der Waals surface area (Å²) in [6.45, 7) is 22.3. The van der Waals surface area contributed by atoms with Crippen LogP contribution in [0.4, 0.5) is 0 Å². The second-order valence-electron chi connectivity index (χ2n) is 16.4. The maximum absolute atomic E-state index is 12.2. The zero-order valence-corrected chi connectivity index (χ0v) is 31.5. The summed E-state index contributed by atoms with van der Waals surface area (Å²) in [5.74, 6) is 1.52. The van der Waals surface area contributed by atoms with Gasteiger partial charge in [-0.15, -0.1) is 0 Å². The van der Waals surface area contributed by atoms with Gasteiger partial charge in [-0.2, -0.15) is 0 Å². The summed E-state index contributed by atoms with van der Waals surface area (Å²) in [5.41, 5.74) is 12.7. The van der Waals surface area contributed by atoms with E-state index in [4.69, 9.17) is 4.98 Å². The fourth-order valence-electron chi connectivity index (χ4n) is 6.81. The number of phenols is 1. The van der Waals surface area contributed by atoms with E-state index < -0.39 is 0 Å². The van der Waals surface area contributed by atoms with Gasteiger partial charge >= 0.3 is 0 Å². The van der Waals surface area contributed by atoms with Crippen molar-refractivity contribution in [2.24, 2.45) is 0 Å². The molecule has 0 spiro atoms. The first kappa shape index (κ1) is 35.0. The van der Waals surface area contributed by atoms with Crippen LogP contribution in [0.1, 0.15) is 103 Å². The summed E-state index contributed by atoms with van der Waals surface area (Å²) < 4.78 is 2.28. The summed E-state index contributed by atoms with van der Waals surface area (Å²) in [7, 11) is 0. The smallest absolute Gasteiger partial charge is 0.149 e. The molecule has 50 heavy (non-hydrogen) atoms. The van der Waals surface area contributed by atoms with Gasteiger partial charge in [0.1, 0.15) is 11.6 Å². The molecule has 0 aliphatic rings. The van der Waals surface area contributed by atoms with E-state index in [1.807, 2.05) is 6.07 Å². The van der Waals surface area contributed by atoms with Crippen molar-refractivity contribution in [3.05, 3.63) is 138 Å². The first-order chi connectivity index (χ1) is 23.6. The van der Waals surface area contributed by atoms with Gasteiger partial charge in [-0.3, -0.25) is 4.57 Å². The van der Waals surface area contributed by atoms with E-state index >= 15 is 0 Å². The Morgan fingerprint density at radius 1 is 0.560 bits per heavy atom. The van der Waals surface area contributed by atoms with Gasteiger partial charge < -0.3 is 5.11 Å². The van der Waals surface area contributed by atoms with Crippen LogP contribution in [0.2, 0.25) is 0 Å². The average molecular weight is 661 g/mol. The van der Waals surface area contributed by atoms with E-state index in [0.29, 0.717) is 5.75 Å². The van der Waals surface area contributed by atoms with Gasteiger partial charge in [0.15, 0.2) is 0 Å². The molecule has 0 amide bonds. The Morgan fingerprint density at radius 3 is 1.60 bits per heavy atom. The topological polar surface area (TPSA) is 38.0 Å². The van der Waals surface area contributed by atoms with Gasteiger partial charge in [0.25, 0.3) is 0 Å². The van der Waals surface area contributed by atoms with Crippen LogP contribution >= 0.6 is 0 Å². The highest BCUT2D eigenvalue weighted by atomic mass is 16.3. The predicted molar refractivity (Wildman–Crippen MR) is 213 cm³/mol. The number of phenolic OH excluding ortho intramolecular Hbond substituents is 1. The van der Waals surface area contributed by atoms with Gasteiger partial charge in [-0.25, -0.2) is 4.98 Å². The monoisotopic (exact) mass is 660 g/mol. The van der Waals surface area contributed by atoms with Gasteiger partial charge in [-0.1, -0.05) is 154 Å². The van der Waals surface area contributed by atoms with Crippen molar-refractivity contribution in [2.45, 2.75) is 91.9 Å². The highest BCUT2D eigenvalue weighted by Gasteiger charge is 2.29. The molecular formula is C47H52N2O. The van der Waals surface area contributed by atoms with Gasteiger partial charge in [0.2, 0.25) is 0 Å². The highest BCUT2D eigenvalue weighted by Crippen LogP contribution is 2.45. The molecule has 0 saturated carbocycles. The number of imidazole rings is 1. The zero-order valence-electron chi connectivity index (χ0n) is 31.5. The van der Waals surface area contributed by atoms with Crippen LogP contribution in [0.3, 0.4) is 0 Å². The molecule has 0 radical (unpaired) electrons. The minimum absolute atomic E-state index is 0.129. The maximum atomic E-state index is 12.2. The Balaban J connectivity index is 1.70. The summed E-state index contributed by atoms with van der Waals surface area (Å²) in [4.78, 5) is 5.45. The highest BCUT2D eigenvalue weighted by molar-refractivity contribution is 5.78. The number of aromatic nitrogens is 2. The van der Waals surface area contributed by atoms with Crippen LogP contribution in [0, 0.1) is 0 Å². The van der Waals surface area contributed by atoms with Crippen molar-refractivity contribution >= 4 is 0 Å². The molecule has 5 aromatic carbocycles.